The molecule has 1 aromatic carbocycles. The normalized spacial score (nSPS) is 20.3. The van der Waals surface area contributed by atoms with Crippen molar-refractivity contribution in [2.24, 2.45) is 0 Å². The van der Waals surface area contributed by atoms with Gasteiger partial charge in [0.05, 0.1) is 11.8 Å². The van der Waals surface area contributed by atoms with E-state index in [-0.39, 0.29) is 6.10 Å². The Kier molecular flexibility index (Phi) is 2.84. The SMILES string of the molecule is Cc1nc2c(O[C@@H]3c4ccccc4C[C@H]3O)cccn2c1N. The maximum atomic E-state index is 10.3. The number of nitrogen functional groups attached to an aromatic ring is 1. The number of nitrogens with two attached hydrogens (primary N) is 1. The Morgan fingerprint density at radius 1 is 1.27 bits per heavy atom. The zero-order valence-corrected chi connectivity index (χ0v) is 12.2. The summed E-state index contributed by atoms with van der Waals surface area (Å²) >= 11 is 0. The van der Waals surface area contributed by atoms with Crippen LogP contribution in [0.5, 0.6) is 5.75 Å². The van der Waals surface area contributed by atoms with E-state index in [0.717, 1.165) is 16.8 Å². The number of imidazole rings is 1. The van der Waals surface area contributed by atoms with Gasteiger partial charge in [-0.25, -0.2) is 4.98 Å². The van der Waals surface area contributed by atoms with Crippen molar-refractivity contribution in [3.05, 3.63) is 59.4 Å². The van der Waals surface area contributed by atoms with E-state index in [1.165, 1.54) is 0 Å². The summed E-state index contributed by atoms with van der Waals surface area (Å²) in [6, 6.07) is 11.7. The molecule has 22 heavy (non-hydrogen) atoms. The summed E-state index contributed by atoms with van der Waals surface area (Å²) in [4.78, 5) is 4.47. The fourth-order valence-corrected chi connectivity index (χ4v) is 3.08. The Morgan fingerprint density at radius 3 is 2.95 bits per heavy atom. The van der Waals surface area contributed by atoms with E-state index in [0.29, 0.717) is 23.6 Å². The highest BCUT2D eigenvalue weighted by atomic mass is 16.5. The Hall–Kier alpha value is -2.53. The summed E-state index contributed by atoms with van der Waals surface area (Å²) in [5.41, 5.74) is 9.62. The molecule has 0 saturated carbocycles. The monoisotopic (exact) mass is 295 g/mol. The minimum Gasteiger partial charge on any atom is -0.479 e. The van der Waals surface area contributed by atoms with Crippen molar-refractivity contribution in [1.29, 1.82) is 0 Å². The molecule has 0 spiro atoms. The fraction of sp³-hybridized carbons (Fsp3) is 0.235. The smallest absolute Gasteiger partial charge is 0.181 e. The lowest BCUT2D eigenvalue weighted by Crippen LogP contribution is -2.19. The molecule has 0 unspecified atom stereocenters. The number of aromatic nitrogens is 2. The van der Waals surface area contributed by atoms with Gasteiger partial charge < -0.3 is 15.6 Å². The molecule has 3 aromatic rings. The molecule has 3 N–H and O–H groups in total. The van der Waals surface area contributed by atoms with E-state index < -0.39 is 6.10 Å². The molecule has 0 amide bonds. The molecule has 2 atom stereocenters. The number of aliphatic hydroxyl groups excluding tert-OH is 1. The van der Waals surface area contributed by atoms with Gasteiger partial charge in [0.1, 0.15) is 5.82 Å². The molecule has 112 valence electrons. The van der Waals surface area contributed by atoms with Crippen molar-refractivity contribution in [1.82, 2.24) is 9.38 Å². The van der Waals surface area contributed by atoms with E-state index in [2.05, 4.69) is 4.98 Å². The number of aliphatic hydroxyl groups is 1. The maximum absolute atomic E-state index is 10.3. The van der Waals surface area contributed by atoms with E-state index in [1.807, 2.05) is 49.5 Å². The van der Waals surface area contributed by atoms with Gasteiger partial charge >= 0.3 is 0 Å². The van der Waals surface area contributed by atoms with Gasteiger partial charge in [-0.2, -0.15) is 0 Å². The number of ether oxygens (including phenoxy) is 1. The van der Waals surface area contributed by atoms with Gasteiger partial charge in [-0.15, -0.1) is 0 Å². The van der Waals surface area contributed by atoms with Crippen molar-refractivity contribution >= 4 is 11.5 Å². The maximum Gasteiger partial charge on any atom is 0.181 e. The van der Waals surface area contributed by atoms with Gasteiger partial charge in [0, 0.05) is 12.6 Å². The van der Waals surface area contributed by atoms with E-state index in [4.69, 9.17) is 10.5 Å². The van der Waals surface area contributed by atoms with Crippen molar-refractivity contribution < 1.29 is 9.84 Å². The first-order chi connectivity index (χ1) is 10.6. The number of rotatable bonds is 2. The minimum atomic E-state index is -0.550. The molecular weight excluding hydrogens is 278 g/mol. The first kappa shape index (κ1) is 13.2. The number of hydrogen-bond donors (Lipinski definition) is 2. The van der Waals surface area contributed by atoms with Gasteiger partial charge in [0.15, 0.2) is 17.5 Å². The van der Waals surface area contributed by atoms with Crippen LogP contribution >= 0.6 is 0 Å². The number of anilines is 1. The molecule has 5 nitrogen and oxygen atoms in total. The van der Waals surface area contributed by atoms with Crippen molar-refractivity contribution in [3.63, 3.8) is 0 Å². The molecule has 1 aliphatic carbocycles. The second-order valence-electron chi connectivity index (χ2n) is 5.66. The molecule has 0 saturated heterocycles. The fourth-order valence-electron chi connectivity index (χ4n) is 3.08. The summed E-state index contributed by atoms with van der Waals surface area (Å²) in [7, 11) is 0. The quantitative estimate of drug-likeness (QED) is 0.760. The molecule has 2 aromatic heterocycles. The second kappa shape index (κ2) is 4.74. The highest BCUT2D eigenvalue weighted by molar-refractivity contribution is 5.61. The second-order valence-corrected chi connectivity index (χ2v) is 5.66. The highest BCUT2D eigenvalue weighted by Crippen LogP contribution is 2.36. The number of nitrogens with zero attached hydrogens (tertiary/aromatic N) is 2. The van der Waals surface area contributed by atoms with Crippen LogP contribution < -0.4 is 10.5 Å². The summed E-state index contributed by atoms with van der Waals surface area (Å²) in [6.45, 7) is 1.87. The zero-order chi connectivity index (χ0) is 15.3. The van der Waals surface area contributed by atoms with Crippen LogP contribution in [-0.2, 0) is 6.42 Å². The van der Waals surface area contributed by atoms with Crippen LogP contribution in [0, 0.1) is 6.92 Å². The molecule has 0 bridgehead atoms. The minimum absolute atomic E-state index is 0.374. The van der Waals surface area contributed by atoms with Crippen molar-refractivity contribution in [2.75, 3.05) is 5.73 Å². The molecule has 2 heterocycles. The van der Waals surface area contributed by atoms with E-state index in [9.17, 15) is 5.11 Å². The number of hydrogen-bond acceptors (Lipinski definition) is 4. The Morgan fingerprint density at radius 2 is 2.09 bits per heavy atom. The Labute approximate surface area is 128 Å². The third-order valence-electron chi connectivity index (χ3n) is 4.23. The van der Waals surface area contributed by atoms with E-state index in [1.54, 1.807) is 4.40 Å². The van der Waals surface area contributed by atoms with Crippen LogP contribution in [0.15, 0.2) is 42.6 Å². The molecule has 5 heteroatoms. The average Bonchev–Trinajstić information content (AvgIpc) is 2.99. The molecule has 1 aliphatic rings. The number of pyridine rings is 1. The Bertz CT molecular complexity index is 856. The van der Waals surface area contributed by atoms with Crippen LogP contribution in [0.25, 0.3) is 5.65 Å². The van der Waals surface area contributed by atoms with Crippen LogP contribution in [0.3, 0.4) is 0 Å². The lowest BCUT2D eigenvalue weighted by Gasteiger charge is -2.18. The highest BCUT2D eigenvalue weighted by Gasteiger charge is 2.33. The molecule has 4 rings (SSSR count). The molecule has 0 aliphatic heterocycles. The van der Waals surface area contributed by atoms with Crippen molar-refractivity contribution in [2.45, 2.75) is 25.6 Å². The van der Waals surface area contributed by atoms with E-state index >= 15 is 0 Å². The first-order valence-electron chi connectivity index (χ1n) is 7.31. The van der Waals surface area contributed by atoms with Crippen molar-refractivity contribution in [3.8, 4) is 5.75 Å². The van der Waals surface area contributed by atoms with Crippen LogP contribution in [0.1, 0.15) is 22.9 Å². The standard InChI is InChI=1S/C17H17N3O2/c1-10-16(18)20-8-4-7-14(17(20)19-10)22-15-12-6-3-2-5-11(12)9-13(15)21/h2-8,13,15,21H,9,18H2,1H3/t13-,15-/m1/s1. The predicted octanol–water partition coefficient (Wildman–Crippen LogP) is 2.26. The van der Waals surface area contributed by atoms with Gasteiger partial charge in [0.25, 0.3) is 0 Å². The topological polar surface area (TPSA) is 72.8 Å². The third kappa shape index (κ3) is 1.86. The number of aryl methyl sites for hydroxylation is 1. The summed E-state index contributed by atoms with van der Waals surface area (Å²) in [6.07, 6.45) is 1.54. The summed E-state index contributed by atoms with van der Waals surface area (Å²) in [5.74, 6) is 1.23. The Balaban J connectivity index is 1.77. The zero-order valence-electron chi connectivity index (χ0n) is 12.2. The van der Waals surface area contributed by atoms with Gasteiger partial charge in [-0.1, -0.05) is 24.3 Å². The largest absolute Gasteiger partial charge is 0.479 e. The number of benzene rings is 1. The lowest BCUT2D eigenvalue weighted by molar-refractivity contribution is 0.0502. The van der Waals surface area contributed by atoms with Gasteiger partial charge in [-0.05, 0) is 30.2 Å². The predicted molar refractivity (Wildman–Crippen MR) is 83.9 cm³/mol. The summed E-state index contributed by atoms with van der Waals surface area (Å²) < 4.78 is 7.91. The lowest BCUT2D eigenvalue weighted by atomic mass is 10.1. The van der Waals surface area contributed by atoms with Crippen LogP contribution in [-0.4, -0.2) is 20.6 Å². The number of fused-ring (bicyclic) bond motifs is 2. The first-order valence-corrected chi connectivity index (χ1v) is 7.31. The summed E-state index contributed by atoms with van der Waals surface area (Å²) in [5, 5.41) is 10.3. The molecule has 0 radical (unpaired) electrons. The average molecular weight is 295 g/mol. The third-order valence-corrected chi connectivity index (χ3v) is 4.23. The van der Waals surface area contributed by atoms with Gasteiger partial charge in [-0.3, -0.25) is 4.40 Å². The van der Waals surface area contributed by atoms with Crippen LogP contribution in [0.2, 0.25) is 0 Å². The molecule has 0 fully saturated rings. The van der Waals surface area contributed by atoms with Crippen LogP contribution in [0.4, 0.5) is 5.82 Å². The van der Waals surface area contributed by atoms with Gasteiger partial charge in [0.2, 0.25) is 0 Å². The molecular formula is C17H17N3O2.